The lowest BCUT2D eigenvalue weighted by atomic mass is 9.88. The van der Waals surface area contributed by atoms with Gasteiger partial charge in [-0.15, -0.1) is 0 Å². The van der Waals surface area contributed by atoms with Crippen molar-refractivity contribution in [3.05, 3.63) is 35.4 Å². The molecule has 1 N–H and O–H groups in total. The van der Waals surface area contributed by atoms with Gasteiger partial charge in [-0.05, 0) is 30.4 Å². The molecule has 0 fully saturated rings. The minimum Gasteiger partial charge on any atom is -0.383 e. The molecule has 0 spiro atoms. The highest BCUT2D eigenvalue weighted by molar-refractivity contribution is 5.30. The molecule has 1 aliphatic rings. The highest BCUT2D eigenvalue weighted by atomic mass is 16.5. The molecule has 0 aliphatic heterocycles. The van der Waals surface area contributed by atoms with E-state index in [1.165, 1.54) is 30.4 Å². The van der Waals surface area contributed by atoms with Gasteiger partial charge in [0.1, 0.15) is 0 Å². The number of aryl methyl sites for hydroxylation is 1. The van der Waals surface area contributed by atoms with Gasteiger partial charge in [0.05, 0.1) is 6.61 Å². The van der Waals surface area contributed by atoms with Crippen LogP contribution in [-0.2, 0) is 17.6 Å². The van der Waals surface area contributed by atoms with Gasteiger partial charge in [-0.1, -0.05) is 24.3 Å². The largest absolute Gasteiger partial charge is 0.383 e. The predicted molar refractivity (Wildman–Crippen MR) is 62.1 cm³/mol. The molecule has 0 saturated heterocycles. The first-order valence-corrected chi connectivity index (χ1v) is 5.69. The highest BCUT2D eigenvalue weighted by Crippen LogP contribution is 2.20. The van der Waals surface area contributed by atoms with Crippen molar-refractivity contribution in [2.24, 2.45) is 0 Å². The first kappa shape index (κ1) is 10.7. The summed E-state index contributed by atoms with van der Waals surface area (Å²) in [5.74, 6) is 0. The lowest BCUT2D eigenvalue weighted by Gasteiger charge is -2.25. The van der Waals surface area contributed by atoms with E-state index in [-0.39, 0.29) is 0 Å². The Morgan fingerprint density at radius 1 is 1.33 bits per heavy atom. The van der Waals surface area contributed by atoms with E-state index in [1.807, 2.05) is 0 Å². The summed E-state index contributed by atoms with van der Waals surface area (Å²) in [4.78, 5) is 0. The molecule has 2 rings (SSSR count). The summed E-state index contributed by atoms with van der Waals surface area (Å²) < 4.78 is 5.04. The Morgan fingerprint density at radius 3 is 2.93 bits per heavy atom. The molecule has 0 saturated carbocycles. The summed E-state index contributed by atoms with van der Waals surface area (Å²) in [6.07, 6.45) is 3.63. The molecule has 2 nitrogen and oxygen atoms in total. The van der Waals surface area contributed by atoms with E-state index >= 15 is 0 Å². The Kier molecular flexibility index (Phi) is 3.75. The second-order valence-corrected chi connectivity index (χ2v) is 4.16. The van der Waals surface area contributed by atoms with E-state index in [4.69, 9.17) is 4.74 Å². The molecule has 0 aromatic heterocycles. The van der Waals surface area contributed by atoms with Gasteiger partial charge in [-0.25, -0.2) is 0 Å². The fraction of sp³-hybridized carbons (Fsp3) is 0.538. The van der Waals surface area contributed by atoms with Gasteiger partial charge in [0.2, 0.25) is 0 Å². The normalized spacial score (nSPS) is 19.9. The van der Waals surface area contributed by atoms with Gasteiger partial charge in [0.15, 0.2) is 0 Å². The lowest BCUT2D eigenvalue weighted by Crippen LogP contribution is -2.36. The molecule has 0 heterocycles. The molecule has 2 heteroatoms. The van der Waals surface area contributed by atoms with Crippen LogP contribution >= 0.6 is 0 Å². The van der Waals surface area contributed by atoms with Crippen molar-refractivity contribution in [2.45, 2.75) is 25.3 Å². The van der Waals surface area contributed by atoms with Gasteiger partial charge >= 0.3 is 0 Å². The van der Waals surface area contributed by atoms with Crippen molar-refractivity contribution in [1.29, 1.82) is 0 Å². The molecule has 0 bridgehead atoms. The van der Waals surface area contributed by atoms with Crippen LogP contribution in [0.1, 0.15) is 17.5 Å². The Hall–Kier alpha value is -0.860. The van der Waals surface area contributed by atoms with E-state index in [2.05, 4.69) is 29.6 Å². The average molecular weight is 205 g/mol. The maximum absolute atomic E-state index is 5.04. The summed E-state index contributed by atoms with van der Waals surface area (Å²) in [6.45, 7) is 1.77. The predicted octanol–water partition coefficient (Wildman–Crippen LogP) is 1.78. The maximum atomic E-state index is 5.04. The summed E-state index contributed by atoms with van der Waals surface area (Å²) >= 11 is 0. The van der Waals surface area contributed by atoms with Crippen LogP contribution in [0.15, 0.2) is 24.3 Å². The van der Waals surface area contributed by atoms with Crippen LogP contribution in [0.25, 0.3) is 0 Å². The molecule has 15 heavy (non-hydrogen) atoms. The zero-order valence-electron chi connectivity index (χ0n) is 9.33. The average Bonchev–Trinajstić information content (AvgIpc) is 2.29. The van der Waals surface area contributed by atoms with Crippen LogP contribution in [0.3, 0.4) is 0 Å². The van der Waals surface area contributed by atoms with Crippen molar-refractivity contribution < 1.29 is 4.74 Å². The van der Waals surface area contributed by atoms with Crippen LogP contribution in [0.2, 0.25) is 0 Å². The van der Waals surface area contributed by atoms with E-state index in [1.54, 1.807) is 7.11 Å². The Balaban J connectivity index is 1.88. The number of ether oxygens (including phenoxy) is 1. The van der Waals surface area contributed by atoms with Crippen LogP contribution < -0.4 is 5.32 Å². The topological polar surface area (TPSA) is 21.3 Å². The van der Waals surface area contributed by atoms with E-state index in [9.17, 15) is 0 Å². The number of hydrogen-bond acceptors (Lipinski definition) is 2. The fourth-order valence-corrected chi connectivity index (χ4v) is 2.24. The number of benzene rings is 1. The Labute approximate surface area is 91.6 Å². The fourth-order valence-electron chi connectivity index (χ4n) is 2.24. The first-order chi connectivity index (χ1) is 7.40. The summed E-state index contributed by atoms with van der Waals surface area (Å²) in [5, 5.41) is 3.54. The van der Waals surface area contributed by atoms with Crippen molar-refractivity contribution in [2.75, 3.05) is 20.3 Å². The van der Waals surface area contributed by atoms with E-state index in [0.29, 0.717) is 6.04 Å². The Morgan fingerprint density at radius 2 is 2.13 bits per heavy atom. The monoisotopic (exact) mass is 205 g/mol. The van der Waals surface area contributed by atoms with Crippen molar-refractivity contribution in [3.8, 4) is 0 Å². The van der Waals surface area contributed by atoms with E-state index in [0.717, 1.165) is 13.2 Å². The highest BCUT2D eigenvalue weighted by Gasteiger charge is 2.16. The molecular weight excluding hydrogens is 186 g/mol. The van der Waals surface area contributed by atoms with Crippen molar-refractivity contribution in [1.82, 2.24) is 5.32 Å². The molecule has 82 valence electrons. The summed E-state index contributed by atoms with van der Waals surface area (Å²) in [7, 11) is 1.75. The molecule has 1 aromatic carbocycles. The number of rotatable bonds is 4. The molecule has 0 radical (unpaired) electrons. The van der Waals surface area contributed by atoms with E-state index < -0.39 is 0 Å². The molecule has 0 unspecified atom stereocenters. The van der Waals surface area contributed by atoms with Crippen LogP contribution in [0.5, 0.6) is 0 Å². The van der Waals surface area contributed by atoms with Crippen molar-refractivity contribution in [3.63, 3.8) is 0 Å². The van der Waals surface area contributed by atoms with Crippen molar-refractivity contribution >= 4 is 0 Å². The van der Waals surface area contributed by atoms with Gasteiger partial charge in [-0.2, -0.15) is 0 Å². The number of fused-ring (bicyclic) bond motifs is 1. The van der Waals surface area contributed by atoms with Crippen LogP contribution in [0.4, 0.5) is 0 Å². The van der Waals surface area contributed by atoms with Gasteiger partial charge in [0.25, 0.3) is 0 Å². The molecule has 1 aliphatic carbocycles. The van der Waals surface area contributed by atoms with Gasteiger partial charge < -0.3 is 10.1 Å². The number of methoxy groups -OCH3 is 1. The minimum absolute atomic E-state index is 0.634. The number of nitrogens with one attached hydrogen (secondary N) is 1. The van der Waals surface area contributed by atoms with Crippen LogP contribution in [0, 0.1) is 0 Å². The first-order valence-electron chi connectivity index (χ1n) is 5.69. The lowest BCUT2D eigenvalue weighted by molar-refractivity contribution is 0.194. The van der Waals surface area contributed by atoms with Crippen LogP contribution in [-0.4, -0.2) is 26.3 Å². The second-order valence-electron chi connectivity index (χ2n) is 4.16. The third-order valence-electron chi connectivity index (χ3n) is 3.09. The second kappa shape index (κ2) is 5.29. The number of hydrogen-bond donors (Lipinski definition) is 1. The standard InChI is InChI=1S/C13H19NO/c1-15-9-8-14-13-7-6-11-4-2-3-5-12(11)10-13/h2-5,13-14H,6-10H2,1H3/t13-/m1/s1. The van der Waals surface area contributed by atoms with Gasteiger partial charge in [0, 0.05) is 19.7 Å². The third-order valence-corrected chi connectivity index (χ3v) is 3.09. The summed E-state index contributed by atoms with van der Waals surface area (Å²) in [6, 6.07) is 9.41. The SMILES string of the molecule is COCCN[C@@H]1CCc2ccccc2C1. The molecule has 1 aromatic rings. The van der Waals surface area contributed by atoms with Gasteiger partial charge in [-0.3, -0.25) is 0 Å². The zero-order chi connectivity index (χ0) is 10.5. The minimum atomic E-state index is 0.634. The molecule has 1 atom stereocenters. The molecular formula is C13H19NO. The summed E-state index contributed by atoms with van der Waals surface area (Å²) in [5.41, 5.74) is 3.04. The Bertz CT molecular complexity index is 311. The molecule has 0 amide bonds. The third kappa shape index (κ3) is 2.80. The maximum Gasteiger partial charge on any atom is 0.0587 e. The quantitative estimate of drug-likeness (QED) is 0.757. The zero-order valence-corrected chi connectivity index (χ0v) is 9.33. The smallest absolute Gasteiger partial charge is 0.0587 e.